The Morgan fingerprint density at radius 1 is 1.31 bits per heavy atom. The Balaban J connectivity index is 3.31. The molecule has 0 aromatic heterocycles. The molecule has 0 spiro atoms. The summed E-state index contributed by atoms with van der Waals surface area (Å²) in [5.41, 5.74) is 5.95. The summed E-state index contributed by atoms with van der Waals surface area (Å²) in [6.45, 7) is 3.71. The van der Waals surface area contributed by atoms with Gasteiger partial charge in [-0.05, 0) is 31.0 Å². The zero-order chi connectivity index (χ0) is 12.3. The van der Waals surface area contributed by atoms with E-state index in [1.807, 2.05) is 13.8 Å². The maximum Gasteiger partial charge on any atom is 0.183 e. The van der Waals surface area contributed by atoms with Crippen molar-refractivity contribution in [2.75, 3.05) is 5.73 Å². The lowest BCUT2D eigenvalue weighted by atomic mass is 10.3. The smallest absolute Gasteiger partial charge is 0.183 e. The minimum Gasteiger partial charge on any atom is -0.398 e. The number of hydrogen-bond donors (Lipinski definition) is 1. The van der Waals surface area contributed by atoms with Crippen molar-refractivity contribution in [1.82, 2.24) is 0 Å². The van der Waals surface area contributed by atoms with Crippen molar-refractivity contribution in [3.8, 4) is 0 Å². The van der Waals surface area contributed by atoms with Gasteiger partial charge in [0.15, 0.2) is 9.84 Å². The Hall–Kier alpha value is -0.740. The van der Waals surface area contributed by atoms with Crippen LogP contribution in [0, 0.1) is 0 Å². The van der Waals surface area contributed by atoms with E-state index < -0.39 is 15.1 Å². The lowest BCUT2D eigenvalue weighted by Crippen LogP contribution is -2.20. The maximum absolute atomic E-state index is 12.2. The molecule has 1 aromatic carbocycles. The minimum atomic E-state index is -3.36. The van der Waals surface area contributed by atoms with E-state index in [4.69, 9.17) is 17.3 Å². The van der Waals surface area contributed by atoms with Crippen molar-refractivity contribution in [3.05, 3.63) is 23.2 Å². The van der Waals surface area contributed by atoms with Crippen molar-refractivity contribution < 1.29 is 8.42 Å². The van der Waals surface area contributed by atoms with Crippen LogP contribution in [0.25, 0.3) is 0 Å². The fourth-order valence-electron chi connectivity index (χ4n) is 1.66. The van der Waals surface area contributed by atoms with Crippen LogP contribution in [0.2, 0.25) is 5.02 Å². The molecule has 0 amide bonds. The van der Waals surface area contributed by atoms with E-state index in [1.165, 1.54) is 12.1 Å². The standard InChI is InChI=1S/C11H16ClNO2S/c1-3-9(4-2)16(14,15)11-7-8(12)5-6-10(11)13/h5-7,9H,3-4,13H2,1-2H3. The number of anilines is 1. The van der Waals surface area contributed by atoms with Gasteiger partial charge in [0, 0.05) is 5.02 Å². The molecule has 16 heavy (non-hydrogen) atoms. The van der Waals surface area contributed by atoms with E-state index in [2.05, 4.69) is 0 Å². The highest BCUT2D eigenvalue weighted by molar-refractivity contribution is 7.92. The second kappa shape index (κ2) is 5.06. The number of halogens is 1. The lowest BCUT2D eigenvalue weighted by molar-refractivity contribution is 0.572. The first-order chi connectivity index (χ1) is 7.43. The van der Waals surface area contributed by atoms with Gasteiger partial charge in [-0.25, -0.2) is 8.42 Å². The van der Waals surface area contributed by atoms with Crippen LogP contribution in [0.1, 0.15) is 26.7 Å². The highest BCUT2D eigenvalue weighted by Gasteiger charge is 2.26. The molecular formula is C11H16ClNO2S. The van der Waals surface area contributed by atoms with Crippen LogP contribution >= 0.6 is 11.6 Å². The van der Waals surface area contributed by atoms with Gasteiger partial charge in [-0.2, -0.15) is 0 Å². The largest absolute Gasteiger partial charge is 0.398 e. The average molecular weight is 262 g/mol. The van der Waals surface area contributed by atoms with Gasteiger partial charge >= 0.3 is 0 Å². The number of rotatable bonds is 4. The molecule has 0 saturated carbocycles. The highest BCUT2D eigenvalue weighted by Crippen LogP contribution is 2.28. The summed E-state index contributed by atoms with van der Waals surface area (Å²) in [6, 6.07) is 4.53. The number of benzene rings is 1. The molecule has 2 N–H and O–H groups in total. The quantitative estimate of drug-likeness (QED) is 0.848. The van der Waals surface area contributed by atoms with Crippen molar-refractivity contribution in [3.63, 3.8) is 0 Å². The van der Waals surface area contributed by atoms with E-state index in [9.17, 15) is 8.42 Å². The van der Waals surface area contributed by atoms with Gasteiger partial charge in [0.2, 0.25) is 0 Å². The Morgan fingerprint density at radius 3 is 2.38 bits per heavy atom. The molecule has 0 saturated heterocycles. The molecule has 0 aliphatic heterocycles. The molecule has 0 radical (unpaired) electrons. The molecule has 0 aliphatic carbocycles. The summed E-state index contributed by atoms with van der Waals surface area (Å²) < 4.78 is 24.5. The Labute approximate surface area is 102 Å². The Kier molecular flexibility index (Phi) is 4.21. The maximum atomic E-state index is 12.2. The topological polar surface area (TPSA) is 60.2 Å². The van der Waals surface area contributed by atoms with Crippen LogP contribution in [0.3, 0.4) is 0 Å². The third kappa shape index (κ3) is 2.50. The van der Waals surface area contributed by atoms with Crippen molar-refractivity contribution >= 4 is 27.1 Å². The zero-order valence-electron chi connectivity index (χ0n) is 9.40. The van der Waals surface area contributed by atoms with Gasteiger partial charge in [-0.1, -0.05) is 25.4 Å². The molecule has 1 aromatic rings. The van der Waals surface area contributed by atoms with E-state index in [-0.39, 0.29) is 10.6 Å². The predicted octanol–water partition coefficient (Wildman–Crippen LogP) is 2.88. The fourth-order valence-corrected chi connectivity index (χ4v) is 3.82. The van der Waals surface area contributed by atoms with Gasteiger partial charge in [-0.15, -0.1) is 0 Å². The number of sulfone groups is 1. The SMILES string of the molecule is CCC(CC)S(=O)(=O)c1cc(Cl)ccc1N. The third-order valence-electron chi connectivity index (χ3n) is 2.63. The van der Waals surface area contributed by atoms with Crippen LogP contribution in [-0.2, 0) is 9.84 Å². The molecule has 0 unspecified atom stereocenters. The first kappa shape index (κ1) is 13.3. The summed E-state index contributed by atoms with van der Waals surface area (Å²) in [6.07, 6.45) is 1.15. The van der Waals surface area contributed by atoms with E-state index >= 15 is 0 Å². The van der Waals surface area contributed by atoms with Crippen LogP contribution in [0.4, 0.5) is 5.69 Å². The lowest BCUT2D eigenvalue weighted by Gasteiger charge is -2.15. The summed E-state index contributed by atoms with van der Waals surface area (Å²) in [5, 5.41) is -0.00741. The number of nitrogen functional groups attached to an aromatic ring is 1. The molecular weight excluding hydrogens is 246 g/mol. The van der Waals surface area contributed by atoms with Crippen LogP contribution in [-0.4, -0.2) is 13.7 Å². The van der Waals surface area contributed by atoms with Crippen molar-refractivity contribution in [1.29, 1.82) is 0 Å². The molecule has 5 heteroatoms. The van der Waals surface area contributed by atoms with Crippen molar-refractivity contribution in [2.45, 2.75) is 36.8 Å². The Bertz CT molecular complexity index is 467. The molecule has 3 nitrogen and oxygen atoms in total. The van der Waals surface area contributed by atoms with Gasteiger partial charge in [0.05, 0.1) is 15.8 Å². The molecule has 0 bridgehead atoms. The fraction of sp³-hybridized carbons (Fsp3) is 0.455. The monoisotopic (exact) mass is 261 g/mol. The van der Waals surface area contributed by atoms with Gasteiger partial charge in [0.1, 0.15) is 0 Å². The van der Waals surface area contributed by atoms with E-state index in [0.29, 0.717) is 17.9 Å². The number of nitrogens with two attached hydrogens (primary N) is 1. The zero-order valence-corrected chi connectivity index (χ0v) is 11.0. The molecule has 0 fully saturated rings. The summed E-state index contributed by atoms with van der Waals surface area (Å²) in [4.78, 5) is 0.147. The van der Waals surface area contributed by atoms with Crippen LogP contribution < -0.4 is 5.73 Å². The average Bonchev–Trinajstić information content (AvgIpc) is 2.23. The highest BCUT2D eigenvalue weighted by atomic mass is 35.5. The van der Waals surface area contributed by atoms with Gasteiger partial charge in [-0.3, -0.25) is 0 Å². The first-order valence-corrected chi connectivity index (χ1v) is 7.14. The second-order valence-electron chi connectivity index (χ2n) is 3.67. The van der Waals surface area contributed by atoms with Crippen LogP contribution in [0.15, 0.2) is 23.1 Å². The molecule has 0 heterocycles. The Morgan fingerprint density at radius 2 is 1.88 bits per heavy atom. The summed E-state index contributed by atoms with van der Waals surface area (Å²) >= 11 is 5.79. The number of hydrogen-bond acceptors (Lipinski definition) is 3. The second-order valence-corrected chi connectivity index (χ2v) is 6.30. The van der Waals surface area contributed by atoms with E-state index in [1.54, 1.807) is 6.07 Å². The molecule has 0 aliphatic rings. The van der Waals surface area contributed by atoms with Crippen LogP contribution in [0.5, 0.6) is 0 Å². The first-order valence-electron chi connectivity index (χ1n) is 5.22. The molecule has 1 rings (SSSR count). The van der Waals surface area contributed by atoms with Gasteiger partial charge in [0.25, 0.3) is 0 Å². The van der Waals surface area contributed by atoms with E-state index in [0.717, 1.165) is 0 Å². The van der Waals surface area contributed by atoms with Gasteiger partial charge < -0.3 is 5.73 Å². The predicted molar refractivity (Wildman–Crippen MR) is 67.4 cm³/mol. The summed E-state index contributed by atoms with van der Waals surface area (Å²) in [5.74, 6) is 0. The molecule has 90 valence electrons. The van der Waals surface area contributed by atoms with Crippen molar-refractivity contribution in [2.24, 2.45) is 0 Å². The third-order valence-corrected chi connectivity index (χ3v) is 5.38. The molecule has 0 atom stereocenters. The minimum absolute atomic E-state index is 0.147. The normalized spacial score (nSPS) is 12.0. The summed E-state index contributed by atoms with van der Waals surface area (Å²) in [7, 11) is -3.36.